The summed E-state index contributed by atoms with van der Waals surface area (Å²) in [5, 5.41) is 0.0279. The highest BCUT2D eigenvalue weighted by Crippen LogP contribution is 2.46. The molecule has 2 heterocycles. The molecule has 2 aromatic rings. The predicted octanol–water partition coefficient (Wildman–Crippen LogP) is 1.19. The molecular weight excluding hydrogens is 417 g/mol. The number of aromatic nitrogens is 2. The molecule has 0 amide bonds. The molecule has 0 radical (unpaired) electrons. The lowest BCUT2D eigenvalue weighted by Gasteiger charge is -2.30. The Labute approximate surface area is 185 Å². The number of nitrogens with zero attached hydrogens (tertiary/aromatic N) is 3. The summed E-state index contributed by atoms with van der Waals surface area (Å²) in [7, 11) is 1.42. The summed E-state index contributed by atoms with van der Waals surface area (Å²) in [6.45, 7) is 8.16. The van der Waals surface area contributed by atoms with Crippen LogP contribution in [0.25, 0.3) is 10.9 Å². The molecular formula is C22H32FN5O4. The number of hydrogen-bond donors (Lipinski definition) is 2. The molecule has 4 rings (SSSR count). The number of nitrogens with two attached hydrogens (primary N) is 2. The van der Waals surface area contributed by atoms with Crippen molar-refractivity contribution in [2.24, 2.45) is 17.1 Å². The third-order valence-electron chi connectivity index (χ3n) is 6.77. The number of anilines is 1. The maximum absolute atomic E-state index is 15.5. The summed E-state index contributed by atoms with van der Waals surface area (Å²) in [5.41, 5.74) is 5.38. The fraction of sp³-hybridized carbons (Fsp3) is 0.636. The van der Waals surface area contributed by atoms with Crippen LogP contribution in [0.1, 0.15) is 39.7 Å². The van der Waals surface area contributed by atoms with Crippen molar-refractivity contribution < 1.29 is 13.9 Å². The van der Waals surface area contributed by atoms with Crippen LogP contribution in [-0.2, 0) is 4.74 Å². The molecule has 2 atom stereocenters. The Balaban J connectivity index is 1.88. The lowest BCUT2D eigenvalue weighted by Crippen LogP contribution is -2.44. The van der Waals surface area contributed by atoms with Crippen LogP contribution < -0.4 is 32.5 Å². The maximum atomic E-state index is 15.5. The monoisotopic (exact) mass is 449 g/mol. The molecule has 2 aliphatic rings. The Morgan fingerprint density at radius 2 is 2.00 bits per heavy atom. The second-order valence-electron chi connectivity index (χ2n) is 9.49. The lowest BCUT2D eigenvalue weighted by atomic mass is 9.78. The average molecular weight is 450 g/mol. The van der Waals surface area contributed by atoms with Gasteiger partial charge in [-0.15, -0.1) is 0 Å². The largest absolute Gasteiger partial charge is 0.492 e. The van der Waals surface area contributed by atoms with E-state index in [1.165, 1.54) is 11.7 Å². The van der Waals surface area contributed by atoms with Gasteiger partial charge in [-0.25, -0.2) is 9.18 Å². The van der Waals surface area contributed by atoms with Gasteiger partial charge in [-0.3, -0.25) is 9.36 Å². The molecule has 0 bridgehead atoms. The van der Waals surface area contributed by atoms with E-state index < -0.39 is 17.1 Å². The number of hydrogen-bond acceptors (Lipinski definition) is 7. The van der Waals surface area contributed by atoms with Gasteiger partial charge in [-0.1, -0.05) is 13.8 Å². The van der Waals surface area contributed by atoms with Crippen LogP contribution in [0.2, 0.25) is 0 Å². The minimum absolute atomic E-state index is 0.0279. The normalized spacial score (nSPS) is 21.3. The summed E-state index contributed by atoms with van der Waals surface area (Å²) in [5.74, 6) is 5.35. The fourth-order valence-corrected chi connectivity index (χ4v) is 5.01. The summed E-state index contributed by atoms with van der Waals surface area (Å²) in [6, 6.07) is 0.867. The summed E-state index contributed by atoms with van der Waals surface area (Å²) >= 11 is 0. The Kier molecular flexibility index (Phi) is 5.70. The van der Waals surface area contributed by atoms with E-state index in [1.54, 1.807) is 0 Å². The van der Waals surface area contributed by atoms with Gasteiger partial charge < -0.3 is 25.9 Å². The molecule has 1 aromatic heterocycles. The van der Waals surface area contributed by atoms with E-state index in [2.05, 4.69) is 13.8 Å². The number of halogens is 1. The van der Waals surface area contributed by atoms with E-state index in [4.69, 9.17) is 21.1 Å². The topological polar surface area (TPSA) is 118 Å². The van der Waals surface area contributed by atoms with E-state index in [9.17, 15) is 9.59 Å². The van der Waals surface area contributed by atoms with Gasteiger partial charge in [-0.05, 0) is 31.2 Å². The van der Waals surface area contributed by atoms with E-state index in [-0.39, 0.29) is 40.2 Å². The van der Waals surface area contributed by atoms with Crippen LogP contribution in [0.15, 0.2) is 15.7 Å². The highest BCUT2D eigenvalue weighted by atomic mass is 19.1. The third kappa shape index (κ3) is 3.55. The molecule has 9 nitrogen and oxygen atoms in total. The van der Waals surface area contributed by atoms with Crippen molar-refractivity contribution in [3.63, 3.8) is 0 Å². The van der Waals surface area contributed by atoms with Crippen molar-refractivity contribution in [1.82, 2.24) is 9.24 Å². The SMILES string of the molecule is CCOC[C@H](N)[C@H]1CN(c2c(F)cc3c(=O)n(N)c(=O)n(C4CC4)c3c2OC)CC1(C)C. The molecule has 176 valence electrons. The zero-order valence-corrected chi connectivity index (χ0v) is 19.1. The quantitative estimate of drug-likeness (QED) is 0.610. The van der Waals surface area contributed by atoms with E-state index >= 15 is 4.39 Å². The van der Waals surface area contributed by atoms with Crippen LogP contribution in [0.4, 0.5) is 10.1 Å². The number of benzene rings is 1. The van der Waals surface area contributed by atoms with Gasteiger partial charge in [0.05, 0.1) is 19.1 Å². The van der Waals surface area contributed by atoms with Crippen LogP contribution in [0.3, 0.4) is 0 Å². The van der Waals surface area contributed by atoms with Crippen molar-refractivity contribution in [1.29, 1.82) is 0 Å². The van der Waals surface area contributed by atoms with Gasteiger partial charge in [0, 0.05) is 37.7 Å². The number of fused-ring (bicyclic) bond motifs is 1. The average Bonchev–Trinajstić information content (AvgIpc) is 3.53. The summed E-state index contributed by atoms with van der Waals surface area (Å²) in [6.07, 6.45) is 1.57. The van der Waals surface area contributed by atoms with E-state index in [0.717, 1.165) is 18.9 Å². The van der Waals surface area contributed by atoms with Crippen molar-refractivity contribution in [2.45, 2.75) is 45.7 Å². The predicted molar refractivity (Wildman–Crippen MR) is 121 cm³/mol. The first-order valence-corrected chi connectivity index (χ1v) is 11.0. The second-order valence-corrected chi connectivity index (χ2v) is 9.49. The van der Waals surface area contributed by atoms with Crippen molar-refractivity contribution in [3.8, 4) is 5.75 Å². The zero-order chi connectivity index (χ0) is 23.4. The molecule has 1 aliphatic carbocycles. The van der Waals surface area contributed by atoms with Crippen LogP contribution >= 0.6 is 0 Å². The number of nitrogen functional groups attached to an aromatic ring is 1. The smallest absolute Gasteiger partial charge is 0.350 e. The van der Waals surface area contributed by atoms with Crippen LogP contribution in [0.5, 0.6) is 5.75 Å². The van der Waals surface area contributed by atoms with E-state index in [1.807, 2.05) is 11.8 Å². The maximum Gasteiger partial charge on any atom is 0.350 e. The van der Waals surface area contributed by atoms with Gasteiger partial charge in [0.15, 0.2) is 11.6 Å². The first kappa shape index (κ1) is 22.6. The van der Waals surface area contributed by atoms with Crippen molar-refractivity contribution in [2.75, 3.05) is 44.2 Å². The van der Waals surface area contributed by atoms with Gasteiger partial charge in [0.2, 0.25) is 0 Å². The van der Waals surface area contributed by atoms with Crippen molar-refractivity contribution in [3.05, 3.63) is 32.7 Å². The fourth-order valence-electron chi connectivity index (χ4n) is 5.01. The highest BCUT2D eigenvalue weighted by Gasteiger charge is 2.44. The standard InChI is InChI=1S/C22H32FN5O4/c1-5-32-10-16(24)14-9-26(11-22(14,2)3)18-15(23)8-13-17(19(18)31-4)27(12-6-7-12)21(30)28(25)20(13)29/h8,12,14,16H,5-7,9-11,24-25H2,1-4H3/t14-,16+/m1/s1. The lowest BCUT2D eigenvalue weighted by molar-refractivity contribution is 0.0982. The minimum Gasteiger partial charge on any atom is -0.492 e. The number of methoxy groups -OCH3 is 1. The molecule has 1 aromatic carbocycles. The van der Waals surface area contributed by atoms with E-state index in [0.29, 0.717) is 36.5 Å². The molecule has 2 fully saturated rings. The number of ether oxygens (including phenoxy) is 2. The van der Waals surface area contributed by atoms with Crippen molar-refractivity contribution >= 4 is 16.6 Å². The van der Waals surface area contributed by atoms with Gasteiger partial charge in [0.25, 0.3) is 5.56 Å². The first-order chi connectivity index (χ1) is 15.1. The molecule has 4 N–H and O–H groups in total. The molecule has 32 heavy (non-hydrogen) atoms. The highest BCUT2D eigenvalue weighted by molar-refractivity contribution is 5.91. The van der Waals surface area contributed by atoms with Crippen LogP contribution in [0, 0.1) is 17.2 Å². The third-order valence-corrected chi connectivity index (χ3v) is 6.77. The molecule has 1 saturated carbocycles. The first-order valence-electron chi connectivity index (χ1n) is 11.0. The van der Waals surface area contributed by atoms with Gasteiger partial charge >= 0.3 is 5.69 Å². The molecule has 0 spiro atoms. The van der Waals surface area contributed by atoms with Gasteiger partial charge in [-0.2, -0.15) is 4.68 Å². The Morgan fingerprint density at radius 1 is 1.31 bits per heavy atom. The minimum atomic E-state index is -0.746. The van der Waals surface area contributed by atoms with Gasteiger partial charge in [0.1, 0.15) is 11.2 Å². The summed E-state index contributed by atoms with van der Waals surface area (Å²) in [4.78, 5) is 27.4. The Hall–Kier alpha value is -2.59. The Morgan fingerprint density at radius 3 is 2.59 bits per heavy atom. The molecule has 1 saturated heterocycles. The zero-order valence-electron chi connectivity index (χ0n) is 19.1. The van der Waals surface area contributed by atoms with Crippen LogP contribution in [-0.4, -0.2) is 48.7 Å². The molecule has 10 heteroatoms. The Bertz CT molecular complexity index is 1150. The summed E-state index contributed by atoms with van der Waals surface area (Å²) < 4.78 is 28.7. The molecule has 1 aliphatic heterocycles. The molecule has 0 unspecified atom stereocenters. The number of rotatable bonds is 7. The second kappa shape index (κ2) is 8.08.